The van der Waals surface area contributed by atoms with Crippen LogP contribution in [0, 0.1) is 13.8 Å². The third-order valence-electron chi connectivity index (χ3n) is 2.71. The van der Waals surface area contributed by atoms with E-state index in [2.05, 4.69) is 0 Å². The van der Waals surface area contributed by atoms with E-state index in [4.69, 9.17) is 11.6 Å². The minimum absolute atomic E-state index is 0.00981. The van der Waals surface area contributed by atoms with Gasteiger partial charge in [-0.3, -0.25) is 4.79 Å². The molecule has 0 saturated carbocycles. The van der Waals surface area contributed by atoms with E-state index in [0.29, 0.717) is 16.1 Å². The van der Waals surface area contributed by atoms with E-state index in [-0.39, 0.29) is 5.78 Å². The molecule has 0 heterocycles. The molecule has 0 N–H and O–H groups in total. The van der Waals surface area contributed by atoms with Crippen LogP contribution >= 0.6 is 11.6 Å². The number of carbonyl (C=O) groups excluding carboxylic acids is 1. The third kappa shape index (κ3) is 2.56. The van der Waals surface area contributed by atoms with Crippen molar-refractivity contribution < 1.29 is 4.79 Å². The third-order valence-corrected chi connectivity index (χ3v) is 3.12. The molecule has 0 aliphatic carbocycles. The Morgan fingerprint density at radius 3 is 2.35 bits per heavy atom. The first-order chi connectivity index (χ1) is 8.08. The smallest absolute Gasteiger partial charge is 0.193 e. The summed E-state index contributed by atoms with van der Waals surface area (Å²) in [6.07, 6.45) is 0. The average Bonchev–Trinajstić information content (AvgIpc) is 2.32. The van der Waals surface area contributed by atoms with Gasteiger partial charge in [0.2, 0.25) is 0 Å². The number of carbonyl (C=O) groups is 1. The van der Waals surface area contributed by atoms with Gasteiger partial charge < -0.3 is 0 Å². The zero-order valence-electron chi connectivity index (χ0n) is 9.83. The Morgan fingerprint density at radius 1 is 1.00 bits per heavy atom. The molecule has 17 heavy (non-hydrogen) atoms. The van der Waals surface area contributed by atoms with Gasteiger partial charge in [0, 0.05) is 16.1 Å². The predicted octanol–water partition coefficient (Wildman–Crippen LogP) is 4.19. The van der Waals surface area contributed by atoms with Crippen LogP contribution in [0.2, 0.25) is 5.02 Å². The van der Waals surface area contributed by atoms with Gasteiger partial charge in [0.25, 0.3) is 0 Å². The average molecular weight is 245 g/mol. The molecule has 0 aromatic heterocycles. The van der Waals surface area contributed by atoms with Crippen LogP contribution in [0.1, 0.15) is 27.0 Å². The van der Waals surface area contributed by atoms with Crippen LogP contribution in [0.4, 0.5) is 0 Å². The van der Waals surface area contributed by atoms with E-state index < -0.39 is 0 Å². The quantitative estimate of drug-likeness (QED) is 0.724. The summed E-state index contributed by atoms with van der Waals surface area (Å²) in [5.41, 5.74) is 3.39. The first-order valence-electron chi connectivity index (χ1n) is 5.45. The van der Waals surface area contributed by atoms with E-state index in [9.17, 15) is 4.79 Å². The van der Waals surface area contributed by atoms with Gasteiger partial charge in [-0.1, -0.05) is 47.5 Å². The van der Waals surface area contributed by atoms with Crippen molar-refractivity contribution in [2.24, 2.45) is 0 Å². The molecule has 0 bridgehead atoms. The maximum absolute atomic E-state index is 12.2. The molecule has 0 atom stereocenters. The van der Waals surface area contributed by atoms with Gasteiger partial charge >= 0.3 is 0 Å². The molecule has 0 radical (unpaired) electrons. The van der Waals surface area contributed by atoms with E-state index in [1.54, 1.807) is 6.07 Å². The van der Waals surface area contributed by atoms with Crippen molar-refractivity contribution in [3.8, 4) is 0 Å². The molecule has 0 fully saturated rings. The first-order valence-corrected chi connectivity index (χ1v) is 5.83. The van der Waals surface area contributed by atoms with Crippen molar-refractivity contribution in [2.75, 3.05) is 0 Å². The predicted molar refractivity (Wildman–Crippen MR) is 70.8 cm³/mol. The Balaban J connectivity index is 2.40. The van der Waals surface area contributed by atoms with E-state index in [1.807, 2.05) is 50.2 Å². The van der Waals surface area contributed by atoms with E-state index >= 15 is 0 Å². The van der Waals surface area contributed by atoms with Crippen molar-refractivity contribution in [3.05, 3.63) is 69.7 Å². The van der Waals surface area contributed by atoms with Crippen LogP contribution in [0.15, 0.2) is 42.5 Å². The van der Waals surface area contributed by atoms with E-state index in [1.165, 1.54) is 0 Å². The maximum atomic E-state index is 12.2. The number of aryl methyl sites for hydroxylation is 2. The second-order valence-corrected chi connectivity index (χ2v) is 4.57. The lowest BCUT2D eigenvalue weighted by Crippen LogP contribution is -2.01. The van der Waals surface area contributed by atoms with Crippen molar-refractivity contribution >= 4 is 17.4 Å². The molecule has 1 nitrogen and oxygen atoms in total. The zero-order chi connectivity index (χ0) is 12.4. The summed E-state index contributed by atoms with van der Waals surface area (Å²) in [5, 5.41) is 0.628. The summed E-state index contributed by atoms with van der Waals surface area (Å²) < 4.78 is 0. The molecule has 2 rings (SSSR count). The lowest BCUT2D eigenvalue weighted by atomic mass is 10.0. The fourth-order valence-corrected chi connectivity index (χ4v) is 1.87. The lowest BCUT2D eigenvalue weighted by molar-refractivity contribution is 0.103. The topological polar surface area (TPSA) is 17.1 Å². The summed E-state index contributed by atoms with van der Waals surface area (Å²) >= 11 is 6.02. The number of rotatable bonds is 2. The van der Waals surface area contributed by atoms with Crippen LogP contribution < -0.4 is 0 Å². The lowest BCUT2D eigenvalue weighted by Gasteiger charge is -2.04. The van der Waals surface area contributed by atoms with Gasteiger partial charge in [-0.15, -0.1) is 0 Å². The van der Waals surface area contributed by atoms with Crippen molar-refractivity contribution in [2.45, 2.75) is 13.8 Å². The highest BCUT2D eigenvalue weighted by molar-refractivity contribution is 6.31. The zero-order valence-corrected chi connectivity index (χ0v) is 10.6. The van der Waals surface area contributed by atoms with Gasteiger partial charge in [0.15, 0.2) is 5.78 Å². The summed E-state index contributed by atoms with van der Waals surface area (Å²) in [7, 11) is 0. The van der Waals surface area contributed by atoms with Crippen molar-refractivity contribution in [1.29, 1.82) is 0 Å². The summed E-state index contributed by atoms with van der Waals surface area (Å²) in [4.78, 5) is 12.2. The Kier molecular flexibility index (Phi) is 3.30. The minimum Gasteiger partial charge on any atom is -0.289 e. The molecule has 0 unspecified atom stereocenters. The molecule has 0 saturated heterocycles. The van der Waals surface area contributed by atoms with Gasteiger partial charge in [0.1, 0.15) is 0 Å². The SMILES string of the molecule is Cc1cccc(C(=O)c2ccc(C)c(Cl)c2)c1. The Labute approximate surface area is 106 Å². The second kappa shape index (κ2) is 4.72. The molecule has 86 valence electrons. The number of halogens is 1. The number of hydrogen-bond acceptors (Lipinski definition) is 1. The Hall–Kier alpha value is -1.60. The number of hydrogen-bond donors (Lipinski definition) is 0. The van der Waals surface area contributed by atoms with Gasteiger partial charge in [-0.25, -0.2) is 0 Å². The largest absolute Gasteiger partial charge is 0.289 e. The van der Waals surface area contributed by atoms with Crippen molar-refractivity contribution in [3.63, 3.8) is 0 Å². The molecule has 0 aliphatic heterocycles. The summed E-state index contributed by atoms with van der Waals surface area (Å²) in [5.74, 6) is 0.00981. The molecule has 0 aliphatic rings. The van der Waals surface area contributed by atoms with Gasteiger partial charge in [-0.2, -0.15) is 0 Å². The highest BCUT2D eigenvalue weighted by Gasteiger charge is 2.10. The molecule has 2 aromatic carbocycles. The maximum Gasteiger partial charge on any atom is 0.193 e. The van der Waals surface area contributed by atoms with E-state index in [0.717, 1.165) is 11.1 Å². The van der Waals surface area contributed by atoms with Crippen LogP contribution in [0.3, 0.4) is 0 Å². The van der Waals surface area contributed by atoms with Crippen molar-refractivity contribution in [1.82, 2.24) is 0 Å². The fraction of sp³-hybridized carbons (Fsp3) is 0.133. The molecule has 2 heteroatoms. The highest BCUT2D eigenvalue weighted by Crippen LogP contribution is 2.19. The van der Waals surface area contributed by atoms with Crippen LogP contribution in [-0.4, -0.2) is 5.78 Å². The van der Waals surface area contributed by atoms with Crippen LogP contribution in [0.5, 0.6) is 0 Å². The molecular weight excluding hydrogens is 232 g/mol. The monoisotopic (exact) mass is 244 g/mol. The second-order valence-electron chi connectivity index (χ2n) is 4.16. The first kappa shape index (κ1) is 11.9. The van der Waals surface area contributed by atoms with Gasteiger partial charge in [0.05, 0.1) is 0 Å². The summed E-state index contributed by atoms with van der Waals surface area (Å²) in [6.45, 7) is 3.89. The molecule has 2 aromatic rings. The molecule has 0 spiro atoms. The normalized spacial score (nSPS) is 10.3. The van der Waals surface area contributed by atoms with Gasteiger partial charge in [-0.05, 0) is 31.5 Å². The standard InChI is InChI=1S/C15H13ClO/c1-10-4-3-5-12(8-10)15(17)13-7-6-11(2)14(16)9-13/h3-9H,1-2H3. The van der Waals surface area contributed by atoms with Crippen LogP contribution in [-0.2, 0) is 0 Å². The highest BCUT2D eigenvalue weighted by atomic mass is 35.5. The molecular formula is C15H13ClO. The Bertz CT molecular complexity index is 573. The summed E-state index contributed by atoms with van der Waals surface area (Å²) in [6, 6.07) is 13.0. The fourth-order valence-electron chi connectivity index (χ4n) is 1.69. The number of ketones is 1. The molecule has 0 amide bonds. The minimum atomic E-state index is 0.00981. The Morgan fingerprint density at radius 2 is 1.71 bits per heavy atom. The van der Waals surface area contributed by atoms with Crippen LogP contribution in [0.25, 0.3) is 0 Å². The number of benzene rings is 2.